The zero-order valence-electron chi connectivity index (χ0n) is 7.75. The smallest absolute Gasteiger partial charge is 0.307 e. The van der Waals surface area contributed by atoms with Gasteiger partial charge in [0.25, 0.3) is 6.43 Å². The van der Waals surface area contributed by atoms with E-state index >= 15 is 0 Å². The van der Waals surface area contributed by atoms with E-state index < -0.39 is 30.1 Å². The monoisotopic (exact) mass is 290 g/mol. The number of alkyl halides is 2. The maximum Gasteiger partial charge on any atom is 0.307 e. The van der Waals surface area contributed by atoms with Gasteiger partial charge < -0.3 is 5.11 Å². The Balaban J connectivity index is 3.39. The van der Waals surface area contributed by atoms with Crippen molar-refractivity contribution in [3.63, 3.8) is 0 Å². The number of aromatic nitrogens is 1. The van der Waals surface area contributed by atoms with Crippen molar-refractivity contribution >= 4 is 21.9 Å². The molecular formula is C9H5BrF2N2O2. The zero-order valence-corrected chi connectivity index (χ0v) is 9.33. The van der Waals surface area contributed by atoms with Crippen LogP contribution in [0.3, 0.4) is 0 Å². The molecule has 1 N–H and O–H groups in total. The predicted octanol–water partition coefficient (Wildman–Crippen LogP) is 2.28. The molecule has 16 heavy (non-hydrogen) atoms. The molecule has 84 valence electrons. The van der Waals surface area contributed by atoms with E-state index in [2.05, 4.69) is 20.9 Å². The molecule has 0 fully saturated rings. The molecule has 1 rings (SSSR count). The van der Waals surface area contributed by atoms with Gasteiger partial charge in [0.15, 0.2) is 5.69 Å². The highest BCUT2D eigenvalue weighted by atomic mass is 79.9. The summed E-state index contributed by atoms with van der Waals surface area (Å²) in [5.41, 5.74) is -1.19. The number of carboxylic acid groups (broad SMARTS) is 1. The van der Waals surface area contributed by atoms with Crippen LogP contribution in [0.25, 0.3) is 0 Å². The topological polar surface area (TPSA) is 74.0 Å². The molecular weight excluding hydrogens is 286 g/mol. The maximum atomic E-state index is 12.7. The molecule has 0 bridgehead atoms. The van der Waals surface area contributed by atoms with Crippen molar-refractivity contribution in [1.29, 1.82) is 5.26 Å². The molecule has 1 aromatic rings. The molecule has 0 amide bonds. The first kappa shape index (κ1) is 12.5. The Labute approximate surface area is 97.7 Å². The number of nitrogens with zero attached hydrogens (tertiary/aromatic N) is 2. The van der Waals surface area contributed by atoms with Gasteiger partial charge in [-0.05, 0) is 27.6 Å². The van der Waals surface area contributed by atoms with Crippen LogP contribution >= 0.6 is 15.9 Å². The Bertz CT molecular complexity index is 471. The third kappa shape index (κ3) is 2.73. The Morgan fingerprint density at radius 3 is 2.75 bits per heavy atom. The number of aliphatic carboxylic acids is 1. The Morgan fingerprint density at radius 1 is 1.69 bits per heavy atom. The second-order valence-electron chi connectivity index (χ2n) is 2.85. The number of hydrogen-bond acceptors (Lipinski definition) is 3. The fourth-order valence-corrected chi connectivity index (χ4v) is 1.66. The number of carbonyl (C=O) groups is 1. The van der Waals surface area contributed by atoms with Crippen molar-refractivity contribution < 1.29 is 18.7 Å². The first-order valence-corrected chi connectivity index (χ1v) is 4.84. The van der Waals surface area contributed by atoms with Crippen molar-refractivity contribution in [2.75, 3.05) is 0 Å². The van der Waals surface area contributed by atoms with Crippen molar-refractivity contribution in [3.05, 3.63) is 27.5 Å². The molecule has 0 aliphatic carbocycles. The van der Waals surface area contributed by atoms with E-state index in [1.165, 1.54) is 12.1 Å². The fraction of sp³-hybridized carbons (Fsp3) is 0.222. The summed E-state index contributed by atoms with van der Waals surface area (Å²) in [4.78, 5) is 14.1. The van der Waals surface area contributed by atoms with E-state index in [4.69, 9.17) is 10.4 Å². The van der Waals surface area contributed by atoms with E-state index in [-0.39, 0.29) is 10.2 Å². The molecule has 0 saturated carbocycles. The van der Waals surface area contributed by atoms with Gasteiger partial charge in [-0.1, -0.05) is 0 Å². The minimum absolute atomic E-state index is 0.110. The Hall–Kier alpha value is -1.55. The van der Waals surface area contributed by atoms with Crippen LogP contribution in [-0.2, 0) is 11.2 Å². The fourth-order valence-electron chi connectivity index (χ4n) is 1.21. The van der Waals surface area contributed by atoms with E-state index in [0.29, 0.717) is 0 Å². The molecule has 0 aliphatic rings. The summed E-state index contributed by atoms with van der Waals surface area (Å²) in [7, 11) is 0. The second kappa shape index (κ2) is 4.99. The molecule has 0 saturated heterocycles. The first-order chi connectivity index (χ1) is 7.45. The number of nitriles is 1. The van der Waals surface area contributed by atoms with E-state index in [1.54, 1.807) is 0 Å². The number of hydrogen-bond donors (Lipinski definition) is 1. The number of halogens is 3. The highest BCUT2D eigenvalue weighted by molar-refractivity contribution is 9.10. The van der Waals surface area contributed by atoms with Gasteiger partial charge in [-0.15, -0.1) is 0 Å². The van der Waals surface area contributed by atoms with E-state index in [1.807, 2.05) is 0 Å². The molecule has 0 unspecified atom stereocenters. The number of pyridine rings is 1. The minimum Gasteiger partial charge on any atom is -0.481 e. The molecule has 1 aromatic heterocycles. The van der Waals surface area contributed by atoms with Gasteiger partial charge in [0.05, 0.1) is 12.0 Å². The number of carboxylic acids is 1. The lowest BCUT2D eigenvalue weighted by Crippen LogP contribution is -2.07. The highest BCUT2D eigenvalue weighted by Gasteiger charge is 2.21. The molecule has 4 nitrogen and oxygen atoms in total. The molecule has 7 heteroatoms. The van der Waals surface area contributed by atoms with E-state index in [0.717, 1.165) is 0 Å². The standard InChI is InChI=1S/C9H5BrF2N2O2/c10-6-1-4(2-7(15)16)8(9(11)12)5(3-13)14-6/h1,9H,2H2,(H,15,16). The van der Waals surface area contributed by atoms with Crippen LogP contribution in [0.1, 0.15) is 23.2 Å². The summed E-state index contributed by atoms with van der Waals surface area (Å²) in [6.45, 7) is 0. The third-order valence-electron chi connectivity index (χ3n) is 1.78. The van der Waals surface area contributed by atoms with Crippen molar-refractivity contribution in [1.82, 2.24) is 4.98 Å². The molecule has 0 spiro atoms. The number of rotatable bonds is 3. The van der Waals surface area contributed by atoms with Gasteiger partial charge in [-0.25, -0.2) is 13.8 Å². The lowest BCUT2D eigenvalue weighted by atomic mass is 10.0. The molecule has 0 atom stereocenters. The maximum absolute atomic E-state index is 12.7. The first-order valence-electron chi connectivity index (χ1n) is 4.05. The van der Waals surface area contributed by atoms with Crippen LogP contribution in [0.15, 0.2) is 10.7 Å². The summed E-state index contributed by atoms with van der Waals surface area (Å²) < 4.78 is 25.5. The summed E-state index contributed by atoms with van der Waals surface area (Å²) in [5, 5.41) is 17.2. The van der Waals surface area contributed by atoms with Crippen LogP contribution in [0.4, 0.5) is 8.78 Å². The second-order valence-corrected chi connectivity index (χ2v) is 3.66. The van der Waals surface area contributed by atoms with Gasteiger partial charge >= 0.3 is 5.97 Å². The summed E-state index contributed by atoms with van der Waals surface area (Å²) in [5.74, 6) is -1.25. The molecule has 0 aliphatic heterocycles. The van der Waals surface area contributed by atoms with Gasteiger partial charge in [-0.2, -0.15) is 5.26 Å². The largest absolute Gasteiger partial charge is 0.481 e. The summed E-state index contributed by atoms with van der Waals surface area (Å²) in [6, 6.07) is 2.69. The lowest BCUT2D eigenvalue weighted by Gasteiger charge is -2.08. The van der Waals surface area contributed by atoms with Crippen LogP contribution in [0.5, 0.6) is 0 Å². The minimum atomic E-state index is -2.93. The van der Waals surface area contributed by atoms with Gasteiger partial charge in [0.1, 0.15) is 10.7 Å². The van der Waals surface area contributed by atoms with Crippen molar-refractivity contribution in [2.24, 2.45) is 0 Å². The van der Waals surface area contributed by atoms with Crippen LogP contribution in [0, 0.1) is 11.3 Å². The Kier molecular flexibility index (Phi) is 3.90. The normalized spacial score (nSPS) is 10.2. The van der Waals surface area contributed by atoms with Gasteiger partial charge in [0.2, 0.25) is 0 Å². The average molecular weight is 291 g/mol. The SMILES string of the molecule is N#Cc1nc(Br)cc(CC(=O)O)c1C(F)F. The average Bonchev–Trinajstić information content (AvgIpc) is 2.14. The van der Waals surface area contributed by atoms with E-state index in [9.17, 15) is 13.6 Å². The van der Waals surface area contributed by atoms with Gasteiger partial charge in [0, 0.05) is 0 Å². The van der Waals surface area contributed by atoms with Crippen molar-refractivity contribution in [2.45, 2.75) is 12.8 Å². The van der Waals surface area contributed by atoms with Crippen LogP contribution in [0.2, 0.25) is 0 Å². The van der Waals surface area contributed by atoms with Crippen LogP contribution < -0.4 is 0 Å². The highest BCUT2D eigenvalue weighted by Crippen LogP contribution is 2.28. The molecule has 1 heterocycles. The van der Waals surface area contributed by atoms with Gasteiger partial charge in [-0.3, -0.25) is 4.79 Å². The van der Waals surface area contributed by atoms with Crippen molar-refractivity contribution in [3.8, 4) is 6.07 Å². The Morgan fingerprint density at radius 2 is 2.31 bits per heavy atom. The molecule has 0 aromatic carbocycles. The summed E-state index contributed by atoms with van der Waals surface area (Å²) in [6.07, 6.45) is -3.50. The summed E-state index contributed by atoms with van der Waals surface area (Å²) >= 11 is 2.93. The predicted molar refractivity (Wildman–Crippen MR) is 52.9 cm³/mol. The quantitative estimate of drug-likeness (QED) is 0.867. The lowest BCUT2D eigenvalue weighted by molar-refractivity contribution is -0.136. The molecule has 0 radical (unpaired) electrons. The zero-order chi connectivity index (χ0) is 12.3. The third-order valence-corrected chi connectivity index (χ3v) is 2.19. The van der Waals surface area contributed by atoms with Crippen LogP contribution in [-0.4, -0.2) is 16.1 Å².